The predicted molar refractivity (Wildman–Crippen MR) is 137 cm³/mol. The lowest BCUT2D eigenvalue weighted by Gasteiger charge is -2.16. The minimum absolute atomic E-state index is 0.335. The van der Waals surface area contributed by atoms with Gasteiger partial charge in [0, 0.05) is 5.56 Å². The molecule has 3 nitrogen and oxygen atoms in total. The molecule has 0 fully saturated rings. The largest absolute Gasteiger partial charge is 0.441 e. The van der Waals surface area contributed by atoms with E-state index in [1.165, 1.54) is 107 Å². The number of rotatable bonds is 19. The van der Waals surface area contributed by atoms with Crippen molar-refractivity contribution in [3.63, 3.8) is 0 Å². The second-order valence-electron chi connectivity index (χ2n) is 9.37. The van der Waals surface area contributed by atoms with E-state index in [0.29, 0.717) is 5.30 Å². The molecular weight excluding hydrogens is 403 g/mol. The zero-order valence-electron chi connectivity index (χ0n) is 20.7. The summed E-state index contributed by atoms with van der Waals surface area (Å²) in [6.45, 7) is 6.46. The molecule has 0 amide bonds. The third-order valence-electron chi connectivity index (χ3n) is 6.57. The second-order valence-corrected chi connectivity index (χ2v) is 11.0. The molecule has 0 aromatic heterocycles. The van der Waals surface area contributed by atoms with E-state index in [-0.39, 0.29) is 0 Å². The van der Waals surface area contributed by atoms with Gasteiger partial charge in [0.2, 0.25) is 0 Å². The summed E-state index contributed by atoms with van der Waals surface area (Å²) in [4.78, 5) is 29.6. The lowest BCUT2D eigenvalue weighted by Crippen LogP contribution is -2.17. The first kappa shape index (κ1) is 28.6. The van der Waals surface area contributed by atoms with E-state index in [1.54, 1.807) is 6.07 Å². The van der Waals surface area contributed by atoms with Crippen molar-refractivity contribution in [3.05, 3.63) is 28.8 Å². The Hall–Kier alpha value is -0.470. The van der Waals surface area contributed by atoms with Gasteiger partial charge in [0.1, 0.15) is 0 Å². The highest BCUT2D eigenvalue weighted by Gasteiger charge is 2.36. The molecule has 0 radical (unpaired) electrons. The van der Waals surface area contributed by atoms with Crippen molar-refractivity contribution < 1.29 is 14.7 Å². The zero-order chi connectivity index (χ0) is 23.0. The molecule has 0 aliphatic carbocycles. The van der Waals surface area contributed by atoms with E-state index >= 15 is 0 Å². The number of unbranched alkanes of at least 4 members (excludes halogenated alkanes) is 14. The molecule has 0 heterocycles. The summed E-state index contributed by atoms with van der Waals surface area (Å²) in [7, 11) is -3.96. The molecule has 0 spiro atoms. The number of benzene rings is 1. The summed E-state index contributed by atoms with van der Waals surface area (Å²) in [5.41, 5.74) is 3.47. The Bertz CT molecular complexity index is 581. The van der Waals surface area contributed by atoms with Gasteiger partial charge in [-0.05, 0) is 49.8 Å². The van der Waals surface area contributed by atoms with E-state index in [4.69, 9.17) is 0 Å². The third-order valence-corrected chi connectivity index (χ3v) is 7.70. The Kier molecular flexibility index (Phi) is 15.7. The van der Waals surface area contributed by atoms with Gasteiger partial charge in [-0.2, -0.15) is 14.7 Å². The van der Waals surface area contributed by atoms with Crippen LogP contribution in [-0.2, 0) is 12.8 Å². The minimum atomic E-state index is -3.96. The highest BCUT2D eigenvalue weighted by atomic mass is 31.2. The molecule has 0 bridgehead atoms. The smallest absolute Gasteiger partial charge is 0.189 e. The summed E-state index contributed by atoms with van der Waals surface area (Å²) in [5, 5.41) is 0.335. The number of hydrogen-bond acceptors (Lipinski definition) is 3. The van der Waals surface area contributed by atoms with Crippen molar-refractivity contribution in [2.45, 2.75) is 136 Å². The van der Waals surface area contributed by atoms with Gasteiger partial charge in [-0.1, -0.05) is 110 Å². The van der Waals surface area contributed by atoms with E-state index in [9.17, 15) is 14.7 Å². The molecule has 4 heteroatoms. The summed E-state index contributed by atoms with van der Waals surface area (Å²) >= 11 is 0. The molecule has 1 aromatic rings. The van der Waals surface area contributed by atoms with Crippen LogP contribution in [0, 0.1) is 6.92 Å². The van der Waals surface area contributed by atoms with Gasteiger partial charge in [-0.15, -0.1) is 0 Å². The van der Waals surface area contributed by atoms with Gasteiger partial charge in [0.15, 0.2) is 5.30 Å². The maximum absolute atomic E-state index is 9.85. The Morgan fingerprint density at radius 3 is 1.45 bits per heavy atom. The molecule has 3 N–H and O–H groups in total. The molecule has 0 saturated heterocycles. The van der Waals surface area contributed by atoms with Gasteiger partial charge in [-0.25, -0.2) is 0 Å². The Morgan fingerprint density at radius 1 is 0.581 bits per heavy atom. The normalized spacial score (nSPS) is 11.9. The Balaban J connectivity index is 2.55. The Morgan fingerprint density at radius 2 is 1.00 bits per heavy atom. The van der Waals surface area contributed by atoms with Crippen molar-refractivity contribution in [1.82, 2.24) is 0 Å². The van der Waals surface area contributed by atoms with Crippen LogP contribution < -0.4 is 5.30 Å². The summed E-state index contributed by atoms with van der Waals surface area (Å²) < 4.78 is 0. The van der Waals surface area contributed by atoms with Crippen LogP contribution in [0.4, 0.5) is 0 Å². The number of aryl methyl sites for hydroxylation is 1. The summed E-state index contributed by atoms with van der Waals surface area (Å²) in [6.07, 6.45) is 22.8. The lowest BCUT2D eigenvalue weighted by atomic mass is 9.93. The van der Waals surface area contributed by atoms with Crippen LogP contribution >= 0.6 is 7.94 Å². The van der Waals surface area contributed by atoms with E-state index < -0.39 is 7.94 Å². The maximum atomic E-state index is 9.85. The maximum Gasteiger partial charge on any atom is 0.441 e. The van der Waals surface area contributed by atoms with Gasteiger partial charge in [0.25, 0.3) is 0 Å². The molecule has 0 unspecified atom stereocenters. The lowest BCUT2D eigenvalue weighted by molar-refractivity contribution is 0.347. The van der Waals surface area contributed by atoms with Crippen LogP contribution in [0.3, 0.4) is 0 Å². The van der Waals surface area contributed by atoms with Crippen molar-refractivity contribution in [3.8, 4) is 0 Å². The molecule has 0 saturated carbocycles. The fourth-order valence-electron chi connectivity index (χ4n) is 4.59. The number of hydrogen-bond donors (Lipinski definition) is 3. The Labute approximate surface area is 193 Å². The van der Waals surface area contributed by atoms with Gasteiger partial charge >= 0.3 is 7.94 Å². The fraction of sp³-hybridized carbons (Fsp3) is 0.778. The summed E-state index contributed by atoms with van der Waals surface area (Å²) in [5.74, 6) is 0. The van der Waals surface area contributed by atoms with Crippen LogP contribution in [0.25, 0.3) is 0 Å². The van der Waals surface area contributed by atoms with E-state index in [0.717, 1.165) is 24.8 Å². The molecule has 0 atom stereocenters. The predicted octanol–water partition coefficient (Wildman–Crippen LogP) is 7.73. The van der Waals surface area contributed by atoms with Crippen molar-refractivity contribution in [2.24, 2.45) is 0 Å². The minimum Gasteiger partial charge on any atom is -0.189 e. The van der Waals surface area contributed by atoms with Crippen molar-refractivity contribution in [2.75, 3.05) is 0 Å². The first-order valence-electron chi connectivity index (χ1n) is 13.1. The first-order chi connectivity index (χ1) is 14.9. The van der Waals surface area contributed by atoms with Crippen LogP contribution in [0.5, 0.6) is 0 Å². The average Bonchev–Trinajstić information content (AvgIpc) is 2.72. The topological polar surface area (TPSA) is 60.7 Å². The van der Waals surface area contributed by atoms with Crippen LogP contribution in [0.1, 0.15) is 133 Å². The highest BCUT2D eigenvalue weighted by molar-refractivity contribution is 7.66. The van der Waals surface area contributed by atoms with Gasteiger partial charge in [-0.3, -0.25) is 0 Å². The molecular formula is C27H50O3P+. The van der Waals surface area contributed by atoms with Crippen LogP contribution in [-0.4, -0.2) is 14.7 Å². The van der Waals surface area contributed by atoms with Crippen LogP contribution in [0.2, 0.25) is 0 Å². The first-order valence-corrected chi connectivity index (χ1v) is 14.8. The molecule has 31 heavy (non-hydrogen) atoms. The monoisotopic (exact) mass is 453 g/mol. The average molecular weight is 454 g/mol. The van der Waals surface area contributed by atoms with Crippen LogP contribution in [0.15, 0.2) is 12.1 Å². The van der Waals surface area contributed by atoms with Crippen molar-refractivity contribution >= 4 is 13.2 Å². The molecule has 180 valence electrons. The highest BCUT2D eigenvalue weighted by Crippen LogP contribution is 2.44. The molecule has 0 aliphatic rings. The SMILES string of the molecule is CCCCCCCCCCc1ccc([P+](O)(O)O)c(C)c1CCCCCCCCCC. The molecule has 0 aliphatic heterocycles. The van der Waals surface area contributed by atoms with E-state index in [2.05, 4.69) is 13.8 Å². The second kappa shape index (κ2) is 17.1. The molecule has 1 aromatic carbocycles. The fourth-order valence-corrected chi connectivity index (χ4v) is 5.45. The van der Waals surface area contributed by atoms with Gasteiger partial charge in [0.05, 0.1) is 0 Å². The zero-order valence-corrected chi connectivity index (χ0v) is 21.6. The van der Waals surface area contributed by atoms with E-state index in [1.807, 2.05) is 13.0 Å². The quantitative estimate of drug-likeness (QED) is 0.148. The van der Waals surface area contributed by atoms with Gasteiger partial charge < -0.3 is 0 Å². The van der Waals surface area contributed by atoms with Crippen molar-refractivity contribution in [1.29, 1.82) is 0 Å². The third kappa shape index (κ3) is 12.4. The molecule has 1 rings (SSSR count). The standard InChI is InChI=1S/C27H50O3P/c1-4-6-8-10-12-14-16-18-20-25-22-23-27(31(28,29)30)24(3)26(25)21-19-17-15-13-11-9-7-5-2/h22-23,28-30H,4-21H2,1-3H3/q+1. The summed E-state index contributed by atoms with van der Waals surface area (Å²) in [6, 6.07) is 3.77.